The molecule has 1 N–H and O–H groups in total. The summed E-state index contributed by atoms with van der Waals surface area (Å²) in [6.45, 7) is 4.18. The maximum Gasteiger partial charge on any atom is 0.221 e. The van der Waals surface area contributed by atoms with Gasteiger partial charge in [0.2, 0.25) is 5.91 Å². The summed E-state index contributed by atoms with van der Waals surface area (Å²) in [4.78, 5) is 16.1. The number of amides is 1. The smallest absolute Gasteiger partial charge is 0.221 e. The van der Waals surface area contributed by atoms with Gasteiger partial charge in [0.1, 0.15) is 5.82 Å². The zero-order valence-corrected chi connectivity index (χ0v) is 11.8. The highest BCUT2D eigenvalue weighted by atomic mass is 32.2. The molecule has 0 spiro atoms. The van der Waals surface area contributed by atoms with Gasteiger partial charge in [-0.15, -0.1) is 0 Å². The number of aryl methyl sites for hydroxylation is 1. The monoisotopic (exact) mass is 255 g/mol. The fraction of sp³-hybridized carbons (Fsp3) is 0.667. The minimum absolute atomic E-state index is 0.00986. The summed E-state index contributed by atoms with van der Waals surface area (Å²) in [6.07, 6.45) is 6.23. The third-order valence-corrected chi connectivity index (χ3v) is 3.27. The number of aromatic nitrogens is 2. The van der Waals surface area contributed by atoms with Gasteiger partial charge in [-0.1, -0.05) is 13.8 Å². The number of imidazole rings is 1. The molecule has 1 atom stereocenters. The number of hydrogen-bond acceptors (Lipinski definition) is 3. The van der Waals surface area contributed by atoms with Crippen molar-refractivity contribution < 1.29 is 4.79 Å². The number of nitrogens with zero attached hydrogens (tertiary/aromatic N) is 2. The minimum Gasteiger partial charge on any atom is -0.346 e. The number of thioether (sulfide) groups is 1. The highest BCUT2D eigenvalue weighted by Gasteiger charge is 2.21. The van der Waals surface area contributed by atoms with E-state index in [2.05, 4.69) is 24.1 Å². The van der Waals surface area contributed by atoms with Gasteiger partial charge >= 0.3 is 0 Å². The molecule has 0 bridgehead atoms. The molecule has 0 saturated carbocycles. The molecule has 1 aromatic heterocycles. The van der Waals surface area contributed by atoms with Gasteiger partial charge < -0.3 is 9.88 Å². The molecule has 0 aromatic carbocycles. The zero-order valence-electron chi connectivity index (χ0n) is 10.9. The molecule has 0 aliphatic rings. The molecule has 1 amide bonds. The number of hydrogen-bond donors (Lipinski definition) is 1. The van der Waals surface area contributed by atoms with Gasteiger partial charge in [0.25, 0.3) is 0 Å². The number of nitrogens with one attached hydrogen (secondary N) is 1. The van der Waals surface area contributed by atoms with Gasteiger partial charge in [0.05, 0.1) is 6.04 Å². The molecule has 5 heteroatoms. The number of rotatable bonds is 6. The van der Waals surface area contributed by atoms with E-state index in [-0.39, 0.29) is 11.9 Å². The van der Waals surface area contributed by atoms with Crippen molar-refractivity contribution in [3.63, 3.8) is 0 Å². The second kappa shape index (κ2) is 6.69. The quantitative estimate of drug-likeness (QED) is 0.845. The molecule has 0 radical (unpaired) electrons. The summed E-state index contributed by atoms with van der Waals surface area (Å²) in [7, 11) is 1.95. The van der Waals surface area contributed by atoms with Crippen molar-refractivity contribution >= 4 is 17.7 Å². The first-order chi connectivity index (χ1) is 8.06. The van der Waals surface area contributed by atoms with Crippen LogP contribution < -0.4 is 5.32 Å². The molecule has 0 unspecified atom stereocenters. The topological polar surface area (TPSA) is 46.9 Å². The van der Waals surface area contributed by atoms with Crippen molar-refractivity contribution in [3.8, 4) is 0 Å². The van der Waals surface area contributed by atoms with E-state index in [0.717, 1.165) is 11.6 Å². The van der Waals surface area contributed by atoms with Crippen molar-refractivity contribution in [1.29, 1.82) is 0 Å². The Bertz CT molecular complexity index is 362. The van der Waals surface area contributed by atoms with Crippen LogP contribution in [-0.2, 0) is 11.8 Å². The second-order valence-corrected chi connectivity index (χ2v) is 5.41. The molecule has 0 fully saturated rings. The molecule has 1 aromatic rings. The van der Waals surface area contributed by atoms with Crippen molar-refractivity contribution in [2.75, 3.05) is 12.0 Å². The van der Waals surface area contributed by atoms with Crippen molar-refractivity contribution in [2.45, 2.75) is 26.3 Å². The molecule has 0 aliphatic heterocycles. The largest absolute Gasteiger partial charge is 0.346 e. The first-order valence-corrected chi connectivity index (χ1v) is 7.21. The lowest BCUT2D eigenvalue weighted by atomic mass is 10.0. The van der Waals surface area contributed by atoms with E-state index >= 15 is 0 Å². The minimum atomic E-state index is -0.00986. The van der Waals surface area contributed by atoms with Crippen LogP contribution in [0, 0.1) is 5.92 Å². The van der Waals surface area contributed by atoms with Crippen molar-refractivity contribution in [2.24, 2.45) is 13.0 Å². The van der Waals surface area contributed by atoms with Crippen LogP contribution in [0.25, 0.3) is 0 Å². The highest BCUT2D eigenvalue weighted by Crippen LogP contribution is 2.19. The summed E-state index contributed by atoms with van der Waals surface area (Å²) >= 11 is 1.68. The van der Waals surface area contributed by atoms with E-state index < -0.39 is 0 Å². The van der Waals surface area contributed by atoms with Crippen LogP contribution in [0.3, 0.4) is 0 Å². The number of carbonyl (C=O) groups excluding carboxylic acids is 1. The van der Waals surface area contributed by atoms with Crippen molar-refractivity contribution in [3.05, 3.63) is 18.2 Å². The average Bonchev–Trinajstić information content (AvgIpc) is 2.69. The van der Waals surface area contributed by atoms with Gasteiger partial charge in [-0.3, -0.25) is 4.79 Å². The fourth-order valence-electron chi connectivity index (χ4n) is 1.65. The van der Waals surface area contributed by atoms with Crippen LogP contribution in [0.2, 0.25) is 0 Å². The van der Waals surface area contributed by atoms with E-state index in [4.69, 9.17) is 0 Å². The van der Waals surface area contributed by atoms with E-state index in [1.165, 1.54) is 0 Å². The van der Waals surface area contributed by atoms with Crippen LogP contribution >= 0.6 is 11.8 Å². The van der Waals surface area contributed by atoms with Crippen LogP contribution in [0.5, 0.6) is 0 Å². The predicted molar refractivity (Wildman–Crippen MR) is 71.9 cm³/mol. The zero-order chi connectivity index (χ0) is 12.8. The molecule has 0 saturated heterocycles. The molecular formula is C12H21N3OS. The average molecular weight is 255 g/mol. The molecule has 96 valence electrons. The first kappa shape index (κ1) is 14.1. The molecule has 1 heterocycles. The Hall–Kier alpha value is -0.970. The lowest BCUT2D eigenvalue weighted by Gasteiger charge is -2.22. The summed E-state index contributed by atoms with van der Waals surface area (Å²) in [5.74, 6) is 2.20. The second-order valence-electron chi connectivity index (χ2n) is 4.43. The molecule has 17 heavy (non-hydrogen) atoms. The lowest BCUT2D eigenvalue weighted by molar-refractivity contribution is -0.121. The standard InChI is InChI=1S/C12H21N3OS/c1-9(2)11(12-13-6-7-15(12)3)14-10(16)5-8-17-4/h6-7,9,11H,5,8H2,1-4H3,(H,14,16)/t11-/m0/s1. The molecular weight excluding hydrogens is 234 g/mol. The summed E-state index contributed by atoms with van der Waals surface area (Å²) in [5.41, 5.74) is 0. The Morgan fingerprint density at radius 1 is 1.59 bits per heavy atom. The Labute approximate surface area is 107 Å². The fourth-order valence-corrected chi connectivity index (χ4v) is 2.04. The lowest BCUT2D eigenvalue weighted by Crippen LogP contribution is -2.33. The van der Waals surface area contributed by atoms with Gasteiger partial charge in [-0.05, 0) is 12.2 Å². The first-order valence-electron chi connectivity index (χ1n) is 5.81. The SMILES string of the molecule is CSCCC(=O)N[C@H](c1nccn1C)C(C)C. The molecule has 0 aliphatic carbocycles. The summed E-state index contributed by atoms with van der Waals surface area (Å²) < 4.78 is 1.96. The third kappa shape index (κ3) is 4.07. The Morgan fingerprint density at radius 3 is 2.76 bits per heavy atom. The van der Waals surface area contributed by atoms with Crippen LogP contribution in [0.1, 0.15) is 32.1 Å². The van der Waals surface area contributed by atoms with E-state index in [1.807, 2.05) is 24.1 Å². The van der Waals surface area contributed by atoms with Gasteiger partial charge in [-0.2, -0.15) is 11.8 Å². The Balaban J connectivity index is 2.68. The van der Waals surface area contributed by atoms with E-state index in [9.17, 15) is 4.79 Å². The van der Waals surface area contributed by atoms with Crippen LogP contribution in [0.4, 0.5) is 0 Å². The van der Waals surface area contributed by atoms with Gasteiger partial charge in [-0.25, -0.2) is 4.98 Å². The van der Waals surface area contributed by atoms with Crippen molar-refractivity contribution in [1.82, 2.24) is 14.9 Å². The predicted octanol–water partition coefficient (Wildman–Crippen LogP) is 1.99. The van der Waals surface area contributed by atoms with Crippen LogP contribution in [0.15, 0.2) is 12.4 Å². The Kier molecular flexibility index (Phi) is 5.55. The molecule has 4 nitrogen and oxygen atoms in total. The van der Waals surface area contributed by atoms with Gasteiger partial charge in [0.15, 0.2) is 0 Å². The maximum absolute atomic E-state index is 11.8. The van der Waals surface area contributed by atoms with Crippen LogP contribution in [-0.4, -0.2) is 27.5 Å². The normalized spacial score (nSPS) is 12.8. The number of carbonyl (C=O) groups is 1. The third-order valence-electron chi connectivity index (χ3n) is 2.65. The Morgan fingerprint density at radius 2 is 2.29 bits per heavy atom. The van der Waals surface area contributed by atoms with E-state index in [1.54, 1.807) is 18.0 Å². The summed E-state index contributed by atoms with van der Waals surface area (Å²) in [6, 6.07) is -0.00986. The maximum atomic E-state index is 11.8. The van der Waals surface area contributed by atoms with Gasteiger partial charge in [0, 0.05) is 31.6 Å². The molecule has 1 rings (SSSR count). The summed E-state index contributed by atoms with van der Waals surface area (Å²) in [5, 5.41) is 3.06. The highest BCUT2D eigenvalue weighted by molar-refractivity contribution is 7.98. The van der Waals surface area contributed by atoms with E-state index in [0.29, 0.717) is 12.3 Å².